The van der Waals surface area contributed by atoms with E-state index in [1.54, 1.807) is 12.1 Å². The summed E-state index contributed by atoms with van der Waals surface area (Å²) >= 11 is 2.58. The van der Waals surface area contributed by atoms with Gasteiger partial charge in [0.1, 0.15) is 5.75 Å². The summed E-state index contributed by atoms with van der Waals surface area (Å²) < 4.78 is 31.2. The predicted octanol–water partition coefficient (Wildman–Crippen LogP) is 6.03. The van der Waals surface area contributed by atoms with Crippen molar-refractivity contribution in [3.05, 3.63) is 60.3 Å². The Balaban J connectivity index is 1.60. The highest BCUT2D eigenvalue weighted by Crippen LogP contribution is 2.44. The maximum atomic E-state index is 11.9. The third-order valence-corrected chi connectivity index (χ3v) is 10.7. The van der Waals surface area contributed by atoms with E-state index in [0.717, 1.165) is 54.2 Å². The molecule has 1 heterocycles. The highest BCUT2D eigenvalue weighted by molar-refractivity contribution is 14.1. The van der Waals surface area contributed by atoms with Crippen LogP contribution in [0.1, 0.15) is 38.3 Å². The number of fused-ring (bicyclic) bond motifs is 1. The lowest BCUT2D eigenvalue weighted by atomic mass is 9.80. The van der Waals surface area contributed by atoms with Gasteiger partial charge in [-0.1, -0.05) is 41.2 Å². The Morgan fingerprint density at radius 1 is 1.17 bits per heavy atom. The average Bonchev–Trinajstić information content (AvgIpc) is 3.30. The lowest BCUT2D eigenvalue weighted by molar-refractivity contribution is 0.113. The van der Waals surface area contributed by atoms with Crippen LogP contribution in [0.2, 0.25) is 0 Å². The largest absolute Gasteiger partial charge is 0.495 e. The summed E-state index contributed by atoms with van der Waals surface area (Å²) in [6.07, 6.45) is 5.49. The number of hydrogen-bond donors (Lipinski definition) is 2. The van der Waals surface area contributed by atoms with E-state index in [4.69, 9.17) is 4.74 Å². The quantitative estimate of drug-likeness (QED) is 0.0925. The van der Waals surface area contributed by atoms with Gasteiger partial charge in [0.2, 0.25) is 0 Å². The van der Waals surface area contributed by atoms with Gasteiger partial charge in [-0.2, -0.15) is 5.26 Å². The van der Waals surface area contributed by atoms with Crippen LogP contribution >= 0.6 is 22.6 Å². The molecule has 0 saturated heterocycles. The van der Waals surface area contributed by atoms with Crippen molar-refractivity contribution in [3.63, 3.8) is 0 Å². The van der Waals surface area contributed by atoms with Crippen molar-refractivity contribution in [3.8, 4) is 23.7 Å². The van der Waals surface area contributed by atoms with E-state index in [1.165, 1.54) is 13.2 Å². The zero-order chi connectivity index (χ0) is 30.7. The first-order chi connectivity index (χ1) is 19.8. The minimum atomic E-state index is -3.35. The van der Waals surface area contributed by atoms with Gasteiger partial charge >= 0.3 is 0 Å². The zero-order valence-electron chi connectivity index (χ0n) is 24.8. The Labute approximate surface area is 263 Å². The van der Waals surface area contributed by atoms with Crippen LogP contribution in [0.3, 0.4) is 0 Å². The molecule has 0 amide bonds. The first-order valence-corrected chi connectivity index (χ1v) is 16.7. The number of nitrogens with one attached hydrogen (secondary N) is 2. The molecular formula is C32H38IN5O3S. The molecule has 4 rings (SSSR count). The summed E-state index contributed by atoms with van der Waals surface area (Å²) in [7, 11) is 2.48. The molecule has 0 aliphatic heterocycles. The number of hydrogen-bond acceptors (Lipinski definition) is 7. The van der Waals surface area contributed by atoms with Gasteiger partial charge in [-0.15, -0.1) is 0 Å². The van der Waals surface area contributed by atoms with E-state index in [9.17, 15) is 13.7 Å². The van der Waals surface area contributed by atoms with E-state index < -0.39 is 9.84 Å². The number of halogens is 1. The average molecular weight is 700 g/mol. The number of sulfone groups is 1. The number of aromatic nitrogens is 1. The summed E-state index contributed by atoms with van der Waals surface area (Å²) in [5.74, 6) is 6.87. The van der Waals surface area contributed by atoms with Gasteiger partial charge in [0.25, 0.3) is 0 Å². The number of allylic oxidation sites excluding steroid dienone is 1. The molecule has 42 heavy (non-hydrogen) atoms. The van der Waals surface area contributed by atoms with Crippen LogP contribution < -0.4 is 15.4 Å². The second-order valence-electron chi connectivity index (χ2n) is 11.3. The molecule has 1 aromatic heterocycles. The fourth-order valence-electron chi connectivity index (χ4n) is 5.21. The maximum Gasteiger partial charge on any atom is 0.175 e. The highest BCUT2D eigenvalue weighted by atomic mass is 127. The van der Waals surface area contributed by atoms with E-state index in [0.29, 0.717) is 30.1 Å². The van der Waals surface area contributed by atoms with Crippen LogP contribution in [0.5, 0.6) is 5.75 Å². The number of alkyl halides is 1. The van der Waals surface area contributed by atoms with Crippen molar-refractivity contribution in [2.24, 2.45) is 0 Å². The van der Waals surface area contributed by atoms with Crippen LogP contribution in [-0.4, -0.2) is 61.0 Å². The summed E-state index contributed by atoms with van der Waals surface area (Å²) in [5.41, 5.74) is 4.12. The molecule has 0 spiro atoms. The number of methoxy groups -OCH3 is 1. The van der Waals surface area contributed by atoms with Gasteiger partial charge in [-0.05, 0) is 83.0 Å². The van der Waals surface area contributed by atoms with Crippen molar-refractivity contribution in [1.82, 2.24) is 9.47 Å². The summed E-state index contributed by atoms with van der Waals surface area (Å²) in [4.78, 5) is 2.53. The van der Waals surface area contributed by atoms with Gasteiger partial charge in [0, 0.05) is 34.5 Å². The van der Waals surface area contributed by atoms with E-state index in [-0.39, 0.29) is 14.0 Å². The highest BCUT2D eigenvalue weighted by Gasteiger charge is 2.40. The van der Waals surface area contributed by atoms with Gasteiger partial charge in [-0.3, -0.25) is 0 Å². The third kappa shape index (κ3) is 7.05. The van der Waals surface area contributed by atoms with Crippen molar-refractivity contribution in [1.29, 1.82) is 5.26 Å². The van der Waals surface area contributed by atoms with Crippen LogP contribution in [0.15, 0.2) is 59.5 Å². The minimum absolute atomic E-state index is 0.0542. The second kappa shape index (κ2) is 12.6. The Bertz CT molecular complexity index is 1700. The van der Waals surface area contributed by atoms with Gasteiger partial charge in [0.15, 0.2) is 9.84 Å². The first kappa shape index (κ1) is 31.7. The molecule has 2 aromatic carbocycles. The molecule has 8 nitrogen and oxygen atoms in total. The molecular weight excluding hydrogens is 661 g/mol. The molecule has 3 aromatic rings. The van der Waals surface area contributed by atoms with Crippen molar-refractivity contribution in [2.45, 2.75) is 53.1 Å². The second-order valence-corrected chi connectivity index (χ2v) is 15.4. The smallest absolute Gasteiger partial charge is 0.175 e. The number of nitriles is 1. The molecule has 10 heteroatoms. The van der Waals surface area contributed by atoms with Crippen molar-refractivity contribution < 1.29 is 13.2 Å². The van der Waals surface area contributed by atoms with E-state index in [2.05, 4.69) is 95.8 Å². The number of rotatable bonds is 9. The molecule has 222 valence electrons. The summed E-state index contributed by atoms with van der Waals surface area (Å²) in [6, 6.07) is 15.1. The number of nitrogens with zero attached hydrogens (tertiary/aromatic N) is 3. The number of benzene rings is 2. The Hall–Kier alpha value is -3.19. The van der Waals surface area contributed by atoms with Crippen LogP contribution in [0.4, 0.5) is 11.4 Å². The predicted molar refractivity (Wildman–Crippen MR) is 179 cm³/mol. The molecule has 0 bridgehead atoms. The normalized spacial score (nSPS) is 20.4. The Morgan fingerprint density at radius 2 is 1.88 bits per heavy atom. The lowest BCUT2D eigenvalue weighted by Crippen LogP contribution is -2.49. The number of ether oxygens (including phenoxy) is 1. The van der Waals surface area contributed by atoms with Crippen molar-refractivity contribution >= 4 is 54.7 Å². The molecule has 0 radical (unpaired) electrons. The SMILES string of the molecule is C=C(C#N)Cn1c(C#CCNc2ccc(S(C)(=O)=O)cc2OC)cc2c(N[C@]3(I)CC[C@](C)(N(C)C)CC3)cccc21. The summed E-state index contributed by atoms with van der Waals surface area (Å²) in [5, 5.41) is 17.6. The Morgan fingerprint density at radius 3 is 2.50 bits per heavy atom. The maximum absolute atomic E-state index is 11.9. The molecule has 1 aliphatic rings. The molecule has 1 aliphatic carbocycles. The Kier molecular flexibility index (Phi) is 9.51. The van der Waals surface area contributed by atoms with E-state index >= 15 is 0 Å². The first-order valence-electron chi connectivity index (χ1n) is 13.7. The molecule has 0 unspecified atom stereocenters. The van der Waals surface area contributed by atoms with E-state index in [1.807, 2.05) is 16.7 Å². The zero-order valence-corrected chi connectivity index (χ0v) is 27.8. The number of anilines is 2. The van der Waals surface area contributed by atoms with Gasteiger partial charge in [0.05, 0.1) is 51.6 Å². The minimum Gasteiger partial charge on any atom is -0.495 e. The molecule has 1 fully saturated rings. The van der Waals surface area contributed by atoms with Crippen molar-refractivity contribution in [2.75, 3.05) is 44.6 Å². The molecule has 2 N–H and O–H groups in total. The molecule has 1 saturated carbocycles. The van der Waals surface area contributed by atoms with Crippen LogP contribution in [0, 0.1) is 23.2 Å². The topological polar surface area (TPSA) is 99.4 Å². The van der Waals surface area contributed by atoms with Gasteiger partial charge in [-0.25, -0.2) is 8.42 Å². The summed E-state index contributed by atoms with van der Waals surface area (Å²) in [6.45, 7) is 6.90. The molecule has 0 atom stereocenters. The lowest BCUT2D eigenvalue weighted by Gasteiger charge is -2.46. The van der Waals surface area contributed by atoms with Crippen LogP contribution in [-0.2, 0) is 16.4 Å². The monoisotopic (exact) mass is 699 g/mol. The fraction of sp³-hybridized carbons (Fsp3) is 0.406. The van der Waals surface area contributed by atoms with Crippen LogP contribution in [0.25, 0.3) is 10.9 Å². The third-order valence-electron chi connectivity index (χ3n) is 8.20. The van der Waals surface area contributed by atoms with Gasteiger partial charge < -0.3 is 24.8 Å². The standard InChI is InChI=1S/C32H38IN5O3S/c1-23(21-34)22-38-24(9-8-18-35-28-13-12-25(42(6,39)40)20-30(28)41-5)19-26-27(10-7-11-29(26)38)36-32(33)16-14-31(2,15-17-32)37(3)4/h7,10-13,19-20,35-36H,1,14-18,22H2,2-6H3/t31-,32+. The fourth-order valence-corrected chi connectivity index (χ4v) is 6.68.